The number of aliphatic carboxylic acids is 1. The van der Waals surface area contributed by atoms with E-state index in [0.29, 0.717) is 17.9 Å². The largest absolute Gasteiger partial charge is 0.479 e. The second-order valence-electron chi connectivity index (χ2n) is 4.40. The van der Waals surface area contributed by atoms with E-state index in [-0.39, 0.29) is 12.5 Å². The molecule has 0 aliphatic carbocycles. The summed E-state index contributed by atoms with van der Waals surface area (Å²) in [5.41, 5.74) is -1.28. The fraction of sp³-hybridized carbons (Fsp3) is 0.333. The molecule has 2 aromatic heterocycles. The first kappa shape index (κ1) is 12.6. The molecule has 1 unspecified atom stereocenters. The van der Waals surface area contributed by atoms with Crippen LogP contribution in [0.2, 0.25) is 0 Å². The SMILES string of the molecule is O=C(NC1(C(=O)O)CCOC1)c1cc2sccc2s1. The van der Waals surface area contributed by atoms with Gasteiger partial charge in [-0.3, -0.25) is 4.79 Å². The van der Waals surface area contributed by atoms with E-state index in [9.17, 15) is 14.7 Å². The van der Waals surface area contributed by atoms with Crippen molar-refractivity contribution in [3.05, 3.63) is 22.4 Å². The molecule has 100 valence electrons. The first-order chi connectivity index (χ1) is 9.11. The number of ether oxygens (including phenoxy) is 1. The molecule has 7 heteroatoms. The molecule has 2 N–H and O–H groups in total. The van der Waals surface area contributed by atoms with Crippen molar-refractivity contribution in [2.75, 3.05) is 13.2 Å². The van der Waals surface area contributed by atoms with E-state index in [4.69, 9.17) is 4.74 Å². The quantitative estimate of drug-likeness (QED) is 0.908. The number of hydrogen-bond acceptors (Lipinski definition) is 5. The van der Waals surface area contributed by atoms with Crippen molar-refractivity contribution < 1.29 is 19.4 Å². The Balaban J connectivity index is 1.84. The second kappa shape index (κ2) is 4.59. The lowest BCUT2D eigenvalue weighted by Gasteiger charge is -2.23. The minimum Gasteiger partial charge on any atom is -0.479 e. The van der Waals surface area contributed by atoms with Crippen molar-refractivity contribution in [2.24, 2.45) is 0 Å². The van der Waals surface area contributed by atoms with E-state index in [0.717, 1.165) is 9.40 Å². The lowest BCUT2D eigenvalue weighted by molar-refractivity contribution is -0.144. The summed E-state index contributed by atoms with van der Waals surface area (Å²) in [7, 11) is 0. The van der Waals surface area contributed by atoms with Gasteiger partial charge in [0.15, 0.2) is 5.54 Å². The lowest BCUT2D eigenvalue weighted by Crippen LogP contribution is -2.55. The van der Waals surface area contributed by atoms with Crippen LogP contribution in [-0.4, -0.2) is 35.7 Å². The number of amides is 1. The molecule has 0 radical (unpaired) electrons. The van der Waals surface area contributed by atoms with E-state index in [2.05, 4.69) is 5.32 Å². The summed E-state index contributed by atoms with van der Waals surface area (Å²) >= 11 is 2.93. The van der Waals surface area contributed by atoms with Crippen LogP contribution in [0.1, 0.15) is 16.1 Å². The summed E-state index contributed by atoms with van der Waals surface area (Å²) in [6.07, 6.45) is 0.299. The predicted octanol–water partition coefficient (Wildman–Crippen LogP) is 1.94. The van der Waals surface area contributed by atoms with Gasteiger partial charge in [0.1, 0.15) is 0 Å². The van der Waals surface area contributed by atoms with Crippen LogP contribution >= 0.6 is 22.7 Å². The molecule has 0 aromatic carbocycles. The Hall–Kier alpha value is -1.44. The van der Waals surface area contributed by atoms with Crippen LogP contribution in [0.15, 0.2) is 17.5 Å². The molecule has 0 bridgehead atoms. The minimum atomic E-state index is -1.28. The number of carbonyl (C=O) groups excluding carboxylic acids is 1. The van der Waals surface area contributed by atoms with Crippen molar-refractivity contribution in [3.8, 4) is 0 Å². The normalized spacial score (nSPS) is 22.7. The predicted molar refractivity (Wildman–Crippen MR) is 73.0 cm³/mol. The van der Waals surface area contributed by atoms with Crippen LogP contribution in [0, 0.1) is 0 Å². The van der Waals surface area contributed by atoms with E-state index in [1.807, 2.05) is 11.4 Å². The second-order valence-corrected chi connectivity index (χ2v) is 6.44. The van der Waals surface area contributed by atoms with Crippen LogP contribution in [0.3, 0.4) is 0 Å². The summed E-state index contributed by atoms with van der Waals surface area (Å²) < 4.78 is 7.20. The van der Waals surface area contributed by atoms with Crippen LogP contribution in [0.25, 0.3) is 9.40 Å². The van der Waals surface area contributed by atoms with Gasteiger partial charge in [-0.15, -0.1) is 22.7 Å². The Bertz CT molecular complexity index is 610. The van der Waals surface area contributed by atoms with Crippen LogP contribution in [0.4, 0.5) is 0 Å². The Morgan fingerprint density at radius 3 is 2.89 bits per heavy atom. The summed E-state index contributed by atoms with van der Waals surface area (Å²) in [4.78, 5) is 24.0. The first-order valence-corrected chi connectivity index (χ1v) is 7.41. The van der Waals surface area contributed by atoms with Gasteiger partial charge in [0.25, 0.3) is 5.91 Å². The highest BCUT2D eigenvalue weighted by Gasteiger charge is 2.44. The van der Waals surface area contributed by atoms with E-state index >= 15 is 0 Å². The third-order valence-electron chi connectivity index (χ3n) is 3.15. The number of carboxylic acid groups (broad SMARTS) is 1. The molecule has 1 fully saturated rings. The van der Waals surface area contributed by atoms with Crippen LogP contribution in [-0.2, 0) is 9.53 Å². The number of thiophene rings is 2. The number of carbonyl (C=O) groups is 2. The third-order valence-corrected chi connectivity index (χ3v) is 5.24. The Morgan fingerprint density at radius 1 is 1.42 bits per heavy atom. The Kier molecular flexibility index (Phi) is 3.04. The zero-order valence-corrected chi connectivity index (χ0v) is 11.5. The van der Waals surface area contributed by atoms with Gasteiger partial charge >= 0.3 is 5.97 Å². The van der Waals surface area contributed by atoms with Gasteiger partial charge in [0, 0.05) is 22.4 Å². The van der Waals surface area contributed by atoms with E-state index in [1.54, 1.807) is 17.4 Å². The highest BCUT2D eigenvalue weighted by Crippen LogP contribution is 2.30. The summed E-state index contributed by atoms with van der Waals surface area (Å²) in [6.45, 7) is 0.375. The smallest absolute Gasteiger partial charge is 0.331 e. The van der Waals surface area contributed by atoms with Crippen molar-refractivity contribution in [1.29, 1.82) is 0 Å². The molecule has 2 aromatic rings. The molecule has 1 aliphatic rings. The average molecular weight is 297 g/mol. The standard InChI is InChI=1S/C12H11NO4S2/c14-10(9-5-8-7(19-9)1-4-18-8)13-12(11(15)16)2-3-17-6-12/h1,4-5H,2-3,6H2,(H,13,14)(H,15,16). The van der Waals surface area contributed by atoms with Gasteiger partial charge in [-0.05, 0) is 17.5 Å². The Labute approximate surface area is 116 Å². The lowest BCUT2D eigenvalue weighted by atomic mass is 9.99. The van der Waals surface area contributed by atoms with Gasteiger partial charge in [0.05, 0.1) is 11.5 Å². The van der Waals surface area contributed by atoms with Crippen molar-refractivity contribution in [3.63, 3.8) is 0 Å². The molecular formula is C12H11NO4S2. The molecule has 1 aliphatic heterocycles. The molecule has 3 heterocycles. The number of hydrogen-bond donors (Lipinski definition) is 2. The van der Waals surface area contributed by atoms with Gasteiger partial charge in [-0.25, -0.2) is 4.79 Å². The fourth-order valence-corrected chi connectivity index (χ4v) is 4.05. The van der Waals surface area contributed by atoms with E-state index in [1.165, 1.54) is 11.3 Å². The molecule has 19 heavy (non-hydrogen) atoms. The molecule has 5 nitrogen and oxygen atoms in total. The van der Waals surface area contributed by atoms with Crippen molar-refractivity contribution in [1.82, 2.24) is 5.32 Å². The number of nitrogens with one attached hydrogen (secondary N) is 1. The molecular weight excluding hydrogens is 286 g/mol. The van der Waals surface area contributed by atoms with Crippen LogP contribution in [0.5, 0.6) is 0 Å². The zero-order valence-electron chi connectivity index (χ0n) is 9.84. The molecule has 1 atom stereocenters. The summed E-state index contributed by atoms with van der Waals surface area (Å²) in [6, 6.07) is 3.75. The third kappa shape index (κ3) is 2.13. The Morgan fingerprint density at radius 2 is 2.26 bits per heavy atom. The van der Waals surface area contributed by atoms with Crippen molar-refractivity contribution in [2.45, 2.75) is 12.0 Å². The van der Waals surface area contributed by atoms with E-state index < -0.39 is 11.5 Å². The topological polar surface area (TPSA) is 75.6 Å². The van der Waals surface area contributed by atoms with Gasteiger partial charge in [-0.1, -0.05) is 0 Å². The maximum absolute atomic E-state index is 12.2. The number of carboxylic acids is 1. The van der Waals surface area contributed by atoms with Gasteiger partial charge < -0.3 is 15.2 Å². The fourth-order valence-electron chi connectivity index (χ4n) is 2.04. The molecule has 3 rings (SSSR count). The summed E-state index contributed by atoms with van der Waals surface area (Å²) in [5, 5.41) is 13.8. The monoisotopic (exact) mass is 297 g/mol. The number of fused-ring (bicyclic) bond motifs is 1. The molecule has 1 saturated heterocycles. The molecule has 0 saturated carbocycles. The van der Waals surface area contributed by atoms with Gasteiger partial charge in [0.2, 0.25) is 0 Å². The highest BCUT2D eigenvalue weighted by molar-refractivity contribution is 7.27. The van der Waals surface area contributed by atoms with Crippen molar-refractivity contribution >= 4 is 43.9 Å². The maximum Gasteiger partial charge on any atom is 0.331 e. The zero-order chi connectivity index (χ0) is 13.5. The van der Waals surface area contributed by atoms with Gasteiger partial charge in [-0.2, -0.15) is 0 Å². The molecule has 0 spiro atoms. The first-order valence-electron chi connectivity index (χ1n) is 5.71. The average Bonchev–Trinajstić information content (AvgIpc) is 3.02. The minimum absolute atomic E-state index is 0.0216. The molecule has 1 amide bonds. The summed E-state index contributed by atoms with van der Waals surface area (Å²) in [5.74, 6) is -1.39. The number of rotatable bonds is 3. The highest BCUT2D eigenvalue weighted by atomic mass is 32.1. The van der Waals surface area contributed by atoms with Crippen LogP contribution < -0.4 is 5.32 Å². The maximum atomic E-state index is 12.2.